The van der Waals surface area contributed by atoms with Crippen LogP contribution >= 0.6 is 11.3 Å². The second kappa shape index (κ2) is 8.46. The first kappa shape index (κ1) is 17.9. The molecule has 4 N–H and O–H groups in total. The van der Waals surface area contributed by atoms with Gasteiger partial charge in [0.25, 0.3) is 0 Å². The van der Waals surface area contributed by atoms with Crippen molar-refractivity contribution >= 4 is 28.2 Å². The fraction of sp³-hybridized carbons (Fsp3) is 0.158. The van der Waals surface area contributed by atoms with Crippen LogP contribution in [-0.4, -0.2) is 18.1 Å². The van der Waals surface area contributed by atoms with Gasteiger partial charge in [-0.05, 0) is 24.1 Å². The van der Waals surface area contributed by atoms with Crippen LogP contribution < -0.4 is 21.1 Å². The minimum Gasteiger partial charge on any atom is -0.495 e. The van der Waals surface area contributed by atoms with Crippen LogP contribution in [-0.2, 0) is 6.42 Å². The summed E-state index contributed by atoms with van der Waals surface area (Å²) in [7, 11) is 1.56. The summed E-state index contributed by atoms with van der Waals surface area (Å²) in [5.74, 6) is 0.590. The third-order valence-electron chi connectivity index (χ3n) is 3.78. The van der Waals surface area contributed by atoms with Gasteiger partial charge in [-0.3, -0.25) is 5.32 Å². The number of benzene rings is 2. The number of urea groups is 1. The van der Waals surface area contributed by atoms with Gasteiger partial charge in [0.1, 0.15) is 5.75 Å². The molecule has 0 aliphatic carbocycles. The molecule has 26 heavy (non-hydrogen) atoms. The molecule has 134 valence electrons. The molecule has 0 bridgehead atoms. The first-order valence-electron chi connectivity index (χ1n) is 8.11. The van der Waals surface area contributed by atoms with E-state index in [-0.39, 0.29) is 12.1 Å². The second-order valence-electron chi connectivity index (χ2n) is 5.65. The third kappa shape index (κ3) is 4.59. The summed E-state index contributed by atoms with van der Waals surface area (Å²) < 4.78 is 5.22. The third-order valence-corrected chi connectivity index (χ3v) is 4.55. The zero-order valence-electron chi connectivity index (χ0n) is 14.3. The maximum atomic E-state index is 12.2. The molecule has 0 saturated carbocycles. The van der Waals surface area contributed by atoms with Crippen molar-refractivity contribution in [1.82, 2.24) is 4.98 Å². The molecule has 0 spiro atoms. The molecule has 3 aromatic rings. The summed E-state index contributed by atoms with van der Waals surface area (Å²) in [5.41, 5.74) is 8.73. The van der Waals surface area contributed by atoms with Gasteiger partial charge >= 0.3 is 6.03 Å². The smallest absolute Gasteiger partial charge is 0.325 e. The molecule has 7 heteroatoms. The van der Waals surface area contributed by atoms with E-state index in [1.165, 1.54) is 11.3 Å². The number of methoxy groups -OCH3 is 1. The topological polar surface area (TPSA) is 89.3 Å². The van der Waals surface area contributed by atoms with Crippen LogP contribution in [0.4, 0.5) is 15.6 Å². The average Bonchev–Trinajstić information content (AvgIpc) is 3.11. The number of nitrogens with two attached hydrogens (primary N) is 1. The van der Waals surface area contributed by atoms with Crippen LogP contribution in [0.2, 0.25) is 0 Å². The van der Waals surface area contributed by atoms with Crippen molar-refractivity contribution in [1.29, 1.82) is 0 Å². The quantitative estimate of drug-likeness (QED) is 0.613. The van der Waals surface area contributed by atoms with E-state index in [4.69, 9.17) is 10.5 Å². The van der Waals surface area contributed by atoms with Crippen LogP contribution in [0.5, 0.6) is 5.75 Å². The maximum Gasteiger partial charge on any atom is 0.325 e. The van der Waals surface area contributed by atoms with E-state index in [9.17, 15) is 4.79 Å². The Morgan fingerprint density at radius 2 is 1.88 bits per heavy atom. The van der Waals surface area contributed by atoms with Gasteiger partial charge in [0.15, 0.2) is 5.13 Å². The lowest BCUT2D eigenvalue weighted by atomic mass is 10.1. The lowest BCUT2D eigenvalue weighted by molar-refractivity contribution is 0.262. The second-order valence-corrected chi connectivity index (χ2v) is 6.51. The minimum absolute atomic E-state index is 0.221. The molecule has 2 amide bonds. The number of nitrogens with one attached hydrogen (secondary N) is 2. The summed E-state index contributed by atoms with van der Waals surface area (Å²) in [5, 5.41) is 7.84. The van der Waals surface area contributed by atoms with Crippen LogP contribution in [0, 0.1) is 0 Å². The highest BCUT2D eigenvalue weighted by Gasteiger charge is 2.13. The molecule has 0 aliphatic rings. The van der Waals surface area contributed by atoms with Crippen LogP contribution in [0.25, 0.3) is 0 Å². The Kier molecular flexibility index (Phi) is 5.83. The Balaban J connectivity index is 1.60. The van der Waals surface area contributed by atoms with Gasteiger partial charge in [0.2, 0.25) is 0 Å². The summed E-state index contributed by atoms with van der Waals surface area (Å²) >= 11 is 1.34. The van der Waals surface area contributed by atoms with Crippen molar-refractivity contribution in [2.75, 3.05) is 17.7 Å². The summed E-state index contributed by atoms with van der Waals surface area (Å²) in [6.07, 6.45) is 0.692. The molecular formula is C19H20N4O2S. The predicted octanol–water partition coefficient (Wildman–Crippen LogP) is 4.04. The molecule has 0 radical (unpaired) electrons. The predicted molar refractivity (Wildman–Crippen MR) is 105 cm³/mol. The van der Waals surface area contributed by atoms with Gasteiger partial charge in [0.05, 0.1) is 24.5 Å². The highest BCUT2D eigenvalue weighted by Crippen LogP contribution is 2.25. The highest BCUT2D eigenvalue weighted by atomic mass is 32.1. The molecule has 0 aliphatic heterocycles. The largest absolute Gasteiger partial charge is 0.495 e. The van der Waals surface area contributed by atoms with E-state index in [1.54, 1.807) is 19.2 Å². The Morgan fingerprint density at radius 1 is 1.15 bits per heavy atom. The van der Waals surface area contributed by atoms with Crippen molar-refractivity contribution in [2.45, 2.75) is 12.5 Å². The maximum absolute atomic E-state index is 12.2. The standard InChI is InChI=1S/C19H20N4O2S/c1-25-17-10-6-5-9-15(17)21-18(24)23-19-22-16(12-26-19)14(20)11-13-7-3-2-4-8-13/h2-10,12,14H,11,20H2,1H3,(H2,21,22,23,24). The molecule has 1 atom stereocenters. The van der Waals surface area contributed by atoms with Crippen molar-refractivity contribution in [3.8, 4) is 5.75 Å². The summed E-state index contributed by atoms with van der Waals surface area (Å²) in [4.78, 5) is 16.6. The minimum atomic E-state index is -0.382. The van der Waals surface area contributed by atoms with Crippen molar-refractivity contribution in [2.24, 2.45) is 5.73 Å². The lowest BCUT2D eigenvalue weighted by Gasteiger charge is -2.10. The Bertz CT molecular complexity index is 867. The number of carbonyl (C=O) groups is 1. The molecule has 0 fully saturated rings. The summed E-state index contributed by atoms with van der Waals surface area (Å²) in [6, 6.07) is 16.6. The zero-order chi connectivity index (χ0) is 18.4. The SMILES string of the molecule is COc1ccccc1NC(=O)Nc1nc(C(N)Cc2ccccc2)cs1. The number of nitrogens with zero attached hydrogens (tertiary/aromatic N) is 1. The monoisotopic (exact) mass is 368 g/mol. The van der Waals surface area contributed by atoms with Crippen LogP contribution in [0.3, 0.4) is 0 Å². The average molecular weight is 368 g/mol. The van der Waals surface area contributed by atoms with Crippen molar-refractivity contribution < 1.29 is 9.53 Å². The van der Waals surface area contributed by atoms with E-state index >= 15 is 0 Å². The molecule has 1 aromatic heterocycles. The van der Waals surface area contributed by atoms with Gasteiger partial charge in [0, 0.05) is 5.38 Å². The van der Waals surface area contributed by atoms with Gasteiger partial charge in [-0.2, -0.15) is 0 Å². The number of rotatable bonds is 6. The van der Waals surface area contributed by atoms with Gasteiger partial charge in [-0.25, -0.2) is 9.78 Å². The number of hydrogen-bond acceptors (Lipinski definition) is 5. The zero-order valence-corrected chi connectivity index (χ0v) is 15.1. The number of aromatic nitrogens is 1. The fourth-order valence-electron chi connectivity index (χ4n) is 2.49. The number of para-hydroxylation sites is 2. The molecule has 1 heterocycles. The Hall–Kier alpha value is -2.90. The molecular weight excluding hydrogens is 348 g/mol. The van der Waals surface area contributed by atoms with E-state index in [1.807, 2.05) is 47.8 Å². The molecule has 6 nitrogen and oxygen atoms in total. The first-order valence-corrected chi connectivity index (χ1v) is 8.99. The number of carbonyl (C=O) groups excluding carboxylic acids is 1. The first-order chi connectivity index (χ1) is 12.7. The van der Waals surface area contributed by atoms with Crippen LogP contribution in [0.1, 0.15) is 17.3 Å². The lowest BCUT2D eigenvalue weighted by Crippen LogP contribution is -2.20. The van der Waals surface area contributed by atoms with E-state index in [2.05, 4.69) is 15.6 Å². The van der Waals surface area contributed by atoms with Crippen molar-refractivity contribution in [3.05, 3.63) is 71.2 Å². The van der Waals surface area contributed by atoms with E-state index in [0.29, 0.717) is 23.0 Å². The fourth-order valence-corrected chi connectivity index (χ4v) is 3.25. The number of ether oxygens (including phenoxy) is 1. The number of thiazole rings is 1. The van der Waals surface area contributed by atoms with Crippen molar-refractivity contribution in [3.63, 3.8) is 0 Å². The number of amides is 2. The van der Waals surface area contributed by atoms with Gasteiger partial charge in [-0.1, -0.05) is 42.5 Å². The Morgan fingerprint density at radius 3 is 2.65 bits per heavy atom. The number of anilines is 2. The molecule has 1 unspecified atom stereocenters. The van der Waals surface area contributed by atoms with Crippen LogP contribution in [0.15, 0.2) is 60.0 Å². The summed E-state index contributed by atoms with van der Waals surface area (Å²) in [6.45, 7) is 0. The van der Waals surface area contributed by atoms with Gasteiger partial charge < -0.3 is 15.8 Å². The van der Waals surface area contributed by atoms with Gasteiger partial charge in [-0.15, -0.1) is 11.3 Å². The van der Waals surface area contributed by atoms with E-state index in [0.717, 1.165) is 11.3 Å². The normalized spacial score (nSPS) is 11.6. The molecule has 3 rings (SSSR count). The number of hydrogen-bond donors (Lipinski definition) is 3. The molecule has 2 aromatic carbocycles. The Labute approximate surface area is 156 Å². The highest BCUT2D eigenvalue weighted by molar-refractivity contribution is 7.13. The molecule has 0 saturated heterocycles. The van der Waals surface area contributed by atoms with E-state index < -0.39 is 0 Å².